The van der Waals surface area contributed by atoms with E-state index in [1.807, 2.05) is 0 Å². The largest absolute Gasteiger partial charge is 0.463 e. The highest BCUT2D eigenvalue weighted by atomic mass is 19.1. The molecule has 2 heterocycles. The van der Waals surface area contributed by atoms with Gasteiger partial charge in [-0.1, -0.05) is 0 Å². The van der Waals surface area contributed by atoms with Crippen molar-refractivity contribution in [2.75, 3.05) is 12.0 Å². The van der Waals surface area contributed by atoms with Crippen LogP contribution in [0.15, 0.2) is 59.0 Å². The molecule has 9 heteroatoms. The van der Waals surface area contributed by atoms with Gasteiger partial charge in [-0.25, -0.2) is 18.9 Å². The van der Waals surface area contributed by atoms with Crippen LogP contribution in [-0.2, 0) is 16.1 Å². The summed E-state index contributed by atoms with van der Waals surface area (Å²) in [7, 11) is 1.21. The number of carbonyl (C=O) groups excluding carboxylic acids is 4. The highest BCUT2D eigenvalue weighted by molar-refractivity contribution is 6.34. The summed E-state index contributed by atoms with van der Waals surface area (Å²) in [4.78, 5) is 50.0. The van der Waals surface area contributed by atoms with Gasteiger partial charge in [0.2, 0.25) is 5.76 Å². The maximum atomic E-state index is 13.2. The smallest absolute Gasteiger partial charge is 0.373 e. The molecule has 0 spiro atoms. The first kappa shape index (κ1) is 20.0. The second kappa shape index (κ2) is 7.86. The Kier molecular flexibility index (Phi) is 5.08. The minimum absolute atomic E-state index is 0.0314. The van der Waals surface area contributed by atoms with Crippen LogP contribution in [0.2, 0.25) is 0 Å². The summed E-state index contributed by atoms with van der Waals surface area (Å²) in [5, 5.41) is 0. The first-order valence-corrected chi connectivity index (χ1v) is 9.01. The number of benzene rings is 2. The molecule has 0 saturated heterocycles. The van der Waals surface area contributed by atoms with Gasteiger partial charge in [-0.3, -0.25) is 9.59 Å². The van der Waals surface area contributed by atoms with Crippen molar-refractivity contribution in [1.29, 1.82) is 0 Å². The summed E-state index contributed by atoms with van der Waals surface area (Å²) < 4.78 is 28.1. The second-order valence-corrected chi connectivity index (χ2v) is 6.52. The number of hydrogen-bond donors (Lipinski definition) is 0. The van der Waals surface area contributed by atoms with Crippen molar-refractivity contribution in [2.45, 2.75) is 6.61 Å². The molecule has 0 atom stereocenters. The fourth-order valence-electron chi connectivity index (χ4n) is 3.08. The van der Waals surface area contributed by atoms with Crippen molar-refractivity contribution in [3.63, 3.8) is 0 Å². The number of nitrogens with zero attached hydrogens (tertiary/aromatic N) is 1. The van der Waals surface area contributed by atoms with E-state index in [-0.39, 0.29) is 40.5 Å². The number of methoxy groups -OCH3 is 1. The molecule has 0 saturated carbocycles. The van der Waals surface area contributed by atoms with Crippen molar-refractivity contribution >= 4 is 29.4 Å². The van der Waals surface area contributed by atoms with Gasteiger partial charge < -0.3 is 13.9 Å². The third-order valence-electron chi connectivity index (χ3n) is 4.60. The maximum absolute atomic E-state index is 13.2. The molecule has 2 aromatic carbocycles. The molecule has 8 nitrogen and oxygen atoms in total. The Morgan fingerprint density at radius 3 is 2.35 bits per heavy atom. The van der Waals surface area contributed by atoms with Gasteiger partial charge in [0.1, 0.15) is 18.2 Å². The molecule has 156 valence electrons. The zero-order chi connectivity index (χ0) is 22.1. The number of fused-ring (bicyclic) bond motifs is 1. The summed E-state index contributed by atoms with van der Waals surface area (Å²) >= 11 is 0. The summed E-state index contributed by atoms with van der Waals surface area (Å²) in [6.07, 6.45) is 0. The van der Waals surface area contributed by atoms with E-state index >= 15 is 0 Å². The van der Waals surface area contributed by atoms with E-state index in [1.165, 1.54) is 49.6 Å². The molecule has 3 aromatic rings. The van der Waals surface area contributed by atoms with E-state index in [0.717, 1.165) is 17.0 Å². The van der Waals surface area contributed by atoms with Gasteiger partial charge in [-0.05, 0) is 54.6 Å². The minimum Gasteiger partial charge on any atom is -0.463 e. The topological polar surface area (TPSA) is 103 Å². The maximum Gasteiger partial charge on any atom is 0.373 e. The van der Waals surface area contributed by atoms with Gasteiger partial charge in [0, 0.05) is 0 Å². The fraction of sp³-hybridized carbons (Fsp3) is 0.0909. The first-order chi connectivity index (χ1) is 14.9. The molecule has 4 rings (SSSR count). The van der Waals surface area contributed by atoms with Gasteiger partial charge in [0.15, 0.2) is 0 Å². The number of imide groups is 1. The SMILES string of the molecule is COC(=O)c1ccc(COC(=O)c2ccc3c(c2)C(=O)N(c2ccc(F)cc2)C3=O)o1. The Balaban J connectivity index is 1.50. The van der Waals surface area contributed by atoms with Crippen molar-refractivity contribution in [1.82, 2.24) is 0 Å². The number of amides is 2. The summed E-state index contributed by atoms with van der Waals surface area (Å²) in [5.74, 6) is -2.92. The van der Waals surface area contributed by atoms with Gasteiger partial charge in [0.25, 0.3) is 11.8 Å². The zero-order valence-corrected chi connectivity index (χ0v) is 16.1. The van der Waals surface area contributed by atoms with Gasteiger partial charge in [0.05, 0.1) is 29.5 Å². The third-order valence-corrected chi connectivity index (χ3v) is 4.60. The van der Waals surface area contributed by atoms with E-state index in [0.29, 0.717) is 0 Å². The quantitative estimate of drug-likeness (QED) is 0.458. The van der Waals surface area contributed by atoms with Gasteiger partial charge in [-0.15, -0.1) is 0 Å². The Morgan fingerprint density at radius 1 is 0.935 bits per heavy atom. The number of carbonyl (C=O) groups is 4. The molecule has 31 heavy (non-hydrogen) atoms. The van der Waals surface area contributed by atoms with E-state index in [4.69, 9.17) is 9.15 Å². The van der Waals surface area contributed by atoms with Crippen LogP contribution in [0.4, 0.5) is 10.1 Å². The van der Waals surface area contributed by atoms with Gasteiger partial charge >= 0.3 is 11.9 Å². The van der Waals surface area contributed by atoms with Crippen LogP contribution >= 0.6 is 0 Å². The molecular formula is C22H14FNO7. The van der Waals surface area contributed by atoms with Crippen LogP contribution in [0.1, 0.15) is 47.4 Å². The average Bonchev–Trinajstić information content (AvgIpc) is 3.35. The summed E-state index contributed by atoms with van der Waals surface area (Å²) in [6, 6.07) is 11.8. The number of rotatable bonds is 5. The molecule has 0 aliphatic carbocycles. The summed E-state index contributed by atoms with van der Waals surface area (Å²) in [6.45, 7) is -0.249. The lowest BCUT2D eigenvalue weighted by Crippen LogP contribution is -2.29. The number of anilines is 1. The highest BCUT2D eigenvalue weighted by Crippen LogP contribution is 2.29. The number of hydrogen-bond acceptors (Lipinski definition) is 7. The number of ether oxygens (including phenoxy) is 2. The molecule has 0 N–H and O–H groups in total. The van der Waals surface area contributed by atoms with Crippen molar-refractivity contribution in [3.8, 4) is 0 Å². The van der Waals surface area contributed by atoms with Crippen LogP contribution in [0, 0.1) is 5.82 Å². The lowest BCUT2D eigenvalue weighted by Gasteiger charge is -2.13. The predicted molar refractivity (Wildman–Crippen MR) is 103 cm³/mol. The van der Waals surface area contributed by atoms with E-state index < -0.39 is 29.6 Å². The van der Waals surface area contributed by atoms with Crippen molar-refractivity contribution in [2.24, 2.45) is 0 Å². The molecular weight excluding hydrogens is 409 g/mol. The van der Waals surface area contributed by atoms with Crippen LogP contribution in [-0.4, -0.2) is 30.9 Å². The normalized spacial score (nSPS) is 12.6. The van der Waals surface area contributed by atoms with Crippen molar-refractivity contribution < 1.29 is 37.5 Å². The Bertz CT molecular complexity index is 1210. The van der Waals surface area contributed by atoms with Crippen LogP contribution in [0.25, 0.3) is 0 Å². The molecule has 0 fully saturated rings. The minimum atomic E-state index is -0.751. The highest BCUT2D eigenvalue weighted by Gasteiger charge is 2.37. The summed E-state index contributed by atoms with van der Waals surface area (Å²) in [5.41, 5.74) is 0.436. The first-order valence-electron chi connectivity index (χ1n) is 9.01. The Labute approximate surface area is 174 Å². The monoisotopic (exact) mass is 423 g/mol. The molecule has 1 aliphatic heterocycles. The third kappa shape index (κ3) is 3.68. The van der Waals surface area contributed by atoms with Crippen molar-refractivity contribution in [3.05, 3.63) is 88.6 Å². The second-order valence-electron chi connectivity index (χ2n) is 6.52. The Morgan fingerprint density at radius 2 is 1.65 bits per heavy atom. The zero-order valence-electron chi connectivity index (χ0n) is 16.1. The number of furan rings is 1. The Hall–Kier alpha value is -4.27. The fourth-order valence-corrected chi connectivity index (χ4v) is 3.08. The van der Waals surface area contributed by atoms with E-state index in [9.17, 15) is 23.6 Å². The molecule has 0 radical (unpaired) electrons. The molecule has 1 aliphatic rings. The molecule has 0 bridgehead atoms. The molecule has 0 unspecified atom stereocenters. The molecule has 2 amide bonds. The van der Waals surface area contributed by atoms with Crippen LogP contribution in [0.5, 0.6) is 0 Å². The predicted octanol–water partition coefficient (Wildman–Crippen LogP) is 3.36. The van der Waals surface area contributed by atoms with E-state index in [1.54, 1.807) is 0 Å². The number of esters is 2. The van der Waals surface area contributed by atoms with E-state index in [2.05, 4.69) is 4.74 Å². The van der Waals surface area contributed by atoms with Crippen LogP contribution in [0.3, 0.4) is 0 Å². The average molecular weight is 423 g/mol. The lowest BCUT2D eigenvalue weighted by molar-refractivity contribution is 0.0438. The van der Waals surface area contributed by atoms with Crippen LogP contribution < -0.4 is 4.90 Å². The number of halogens is 1. The standard InChI is InChI=1S/C22H14FNO7/c1-29-22(28)18-9-7-15(31-18)11-30-21(27)12-2-8-16-17(10-12)20(26)24(19(16)25)14-5-3-13(23)4-6-14/h2-10H,11H2,1H3. The van der Waals surface area contributed by atoms with Gasteiger partial charge in [-0.2, -0.15) is 0 Å². The molecule has 1 aromatic heterocycles. The lowest BCUT2D eigenvalue weighted by atomic mass is 10.1.